The van der Waals surface area contributed by atoms with Gasteiger partial charge < -0.3 is 46.5 Å². The summed E-state index contributed by atoms with van der Waals surface area (Å²) in [6.07, 6.45) is -4.42. The number of aliphatic hydroxyl groups is 5. The molecule has 0 bridgehead atoms. The molecular weight excluding hydrogens is 448 g/mol. The van der Waals surface area contributed by atoms with E-state index in [0.29, 0.717) is 0 Å². The summed E-state index contributed by atoms with van der Waals surface area (Å²) in [5, 5.41) is 46.5. The van der Waals surface area contributed by atoms with Gasteiger partial charge >= 0.3 is 11.4 Å². The topological polar surface area (TPSA) is 267 Å². The van der Waals surface area contributed by atoms with E-state index >= 15 is 0 Å². The van der Waals surface area contributed by atoms with Crippen LogP contribution in [-0.2, 0) is 9.47 Å². The molecule has 0 unspecified atom stereocenters. The first-order valence-corrected chi connectivity index (χ1v) is 9.64. The van der Waals surface area contributed by atoms with Crippen LogP contribution in [0.1, 0.15) is 18.9 Å². The number of hydrogen-bond acceptors (Lipinski definition) is 15. The molecule has 182 valence electrons. The highest BCUT2D eigenvalue weighted by Crippen LogP contribution is 2.28. The standard InChI is InChI=1S/C8H12N4O5.C8H12N4O4/c9-7-10-2-12(8(16)11-7)6-5(15)4(14)3(1-13)17-6;9-7-10-3-12(8(15)11-7)6-1-4(14)5(2-13)16-6/h2-6,13-15H,1H2,(H2,9,11,16);3-6,13-14H,1-2H2,(H2,9,11,15)/t3-,4-,5-,6-;4-,5+,6+/m10/s1. The Hall–Kier alpha value is -3.06. The van der Waals surface area contributed by atoms with Crippen LogP contribution >= 0.6 is 0 Å². The van der Waals surface area contributed by atoms with Crippen LogP contribution in [-0.4, -0.2) is 98.3 Å². The minimum Gasteiger partial charge on any atom is -0.394 e. The molecule has 0 amide bonds. The summed E-state index contributed by atoms with van der Waals surface area (Å²) in [7, 11) is 0. The quantitative estimate of drug-likeness (QED) is 0.219. The molecule has 4 rings (SSSR count). The largest absolute Gasteiger partial charge is 0.394 e. The molecule has 2 aromatic heterocycles. The molecule has 17 heteroatoms. The predicted octanol–water partition coefficient (Wildman–Crippen LogP) is -5.31. The Balaban J connectivity index is 0.000000186. The Morgan fingerprint density at radius 1 is 0.879 bits per heavy atom. The molecule has 0 spiro atoms. The second-order valence-electron chi connectivity index (χ2n) is 7.15. The van der Waals surface area contributed by atoms with E-state index in [1.807, 2.05) is 0 Å². The number of rotatable bonds is 4. The predicted molar refractivity (Wildman–Crippen MR) is 106 cm³/mol. The third-order valence-corrected chi connectivity index (χ3v) is 4.98. The molecule has 33 heavy (non-hydrogen) atoms. The maximum absolute atomic E-state index is 11.5. The summed E-state index contributed by atoms with van der Waals surface area (Å²) in [6.45, 7) is -0.776. The van der Waals surface area contributed by atoms with Crippen LogP contribution < -0.4 is 22.8 Å². The lowest BCUT2D eigenvalue weighted by atomic mass is 10.1. The fourth-order valence-electron chi connectivity index (χ4n) is 3.24. The highest BCUT2D eigenvalue weighted by atomic mass is 16.6. The smallest absolute Gasteiger partial charge is 0.354 e. The van der Waals surface area contributed by atoms with E-state index in [4.69, 9.17) is 31.2 Å². The van der Waals surface area contributed by atoms with Gasteiger partial charge in [0.25, 0.3) is 0 Å². The summed E-state index contributed by atoms with van der Waals surface area (Å²) < 4.78 is 12.4. The number of anilines is 2. The molecule has 4 heterocycles. The van der Waals surface area contributed by atoms with Crippen LogP contribution in [0.25, 0.3) is 0 Å². The molecule has 2 aromatic rings. The van der Waals surface area contributed by atoms with Crippen LogP contribution in [0.5, 0.6) is 0 Å². The van der Waals surface area contributed by atoms with Crippen molar-refractivity contribution in [1.82, 2.24) is 29.1 Å². The average molecular weight is 472 g/mol. The average Bonchev–Trinajstić information content (AvgIpc) is 3.28. The number of hydrogen-bond donors (Lipinski definition) is 7. The van der Waals surface area contributed by atoms with Gasteiger partial charge in [-0.15, -0.1) is 0 Å². The highest BCUT2D eigenvalue weighted by molar-refractivity contribution is 5.10. The molecule has 2 fully saturated rings. The minimum atomic E-state index is -1.35. The Kier molecular flexibility index (Phi) is 7.64. The van der Waals surface area contributed by atoms with Gasteiger partial charge in [0, 0.05) is 6.42 Å². The van der Waals surface area contributed by atoms with E-state index in [0.717, 1.165) is 15.5 Å². The van der Waals surface area contributed by atoms with Crippen molar-refractivity contribution in [3.05, 3.63) is 33.6 Å². The molecule has 0 saturated carbocycles. The van der Waals surface area contributed by atoms with Crippen molar-refractivity contribution >= 4 is 11.9 Å². The highest BCUT2D eigenvalue weighted by Gasteiger charge is 2.43. The van der Waals surface area contributed by atoms with E-state index in [2.05, 4.69) is 19.9 Å². The van der Waals surface area contributed by atoms with Crippen LogP contribution in [0.2, 0.25) is 0 Å². The Morgan fingerprint density at radius 3 is 1.88 bits per heavy atom. The first-order valence-electron chi connectivity index (χ1n) is 9.64. The molecule has 0 radical (unpaired) electrons. The van der Waals surface area contributed by atoms with Gasteiger partial charge in [0.2, 0.25) is 11.9 Å². The van der Waals surface area contributed by atoms with E-state index in [-0.39, 0.29) is 24.9 Å². The zero-order valence-corrected chi connectivity index (χ0v) is 17.0. The van der Waals surface area contributed by atoms with Crippen molar-refractivity contribution in [2.24, 2.45) is 0 Å². The molecule has 2 aliphatic rings. The van der Waals surface area contributed by atoms with Crippen molar-refractivity contribution in [2.45, 2.75) is 49.4 Å². The van der Waals surface area contributed by atoms with Crippen LogP contribution in [0.4, 0.5) is 11.9 Å². The molecule has 0 aromatic carbocycles. The van der Waals surface area contributed by atoms with Gasteiger partial charge in [0.05, 0.1) is 19.3 Å². The second kappa shape index (κ2) is 10.3. The number of nitrogens with zero attached hydrogens (tertiary/aromatic N) is 6. The van der Waals surface area contributed by atoms with Crippen molar-refractivity contribution < 1.29 is 35.0 Å². The third-order valence-electron chi connectivity index (χ3n) is 4.98. The lowest BCUT2D eigenvalue weighted by Crippen LogP contribution is -2.36. The van der Waals surface area contributed by atoms with E-state index in [9.17, 15) is 24.9 Å². The first-order chi connectivity index (χ1) is 15.7. The summed E-state index contributed by atoms with van der Waals surface area (Å²) in [4.78, 5) is 37.0. The number of ether oxygens (including phenoxy) is 2. The summed E-state index contributed by atoms with van der Waals surface area (Å²) in [5.74, 6) is -0.309. The molecule has 7 atom stereocenters. The van der Waals surface area contributed by atoms with Gasteiger partial charge in [-0.1, -0.05) is 0 Å². The Labute approximate surface area is 184 Å². The zero-order chi connectivity index (χ0) is 24.3. The SMILES string of the molecule is Nc1ncn([C@@H]2O[C@H](CO)[C@@H](O)[C@H]2O)c(=O)n1.Nc1ncn([C@H]2C[C@H](O)[C@@H](CO)O2)c(=O)n1. The van der Waals surface area contributed by atoms with Crippen LogP contribution in [0, 0.1) is 0 Å². The van der Waals surface area contributed by atoms with E-state index in [1.54, 1.807) is 0 Å². The molecule has 9 N–H and O–H groups in total. The number of nitrogens with two attached hydrogens (primary N) is 2. The van der Waals surface area contributed by atoms with Gasteiger partial charge in [-0.2, -0.15) is 9.97 Å². The van der Waals surface area contributed by atoms with Crippen LogP contribution in [0.15, 0.2) is 22.2 Å². The number of nitrogen functional groups attached to an aromatic ring is 2. The van der Waals surface area contributed by atoms with Gasteiger partial charge in [-0.3, -0.25) is 9.13 Å². The summed E-state index contributed by atoms with van der Waals surface area (Å²) in [6, 6.07) is 0. The minimum absolute atomic E-state index is 0.112. The Morgan fingerprint density at radius 2 is 1.42 bits per heavy atom. The monoisotopic (exact) mass is 472 g/mol. The second-order valence-corrected chi connectivity index (χ2v) is 7.15. The molecule has 0 aliphatic carbocycles. The van der Waals surface area contributed by atoms with Gasteiger partial charge in [0.15, 0.2) is 6.23 Å². The van der Waals surface area contributed by atoms with Gasteiger partial charge in [-0.05, 0) is 0 Å². The van der Waals surface area contributed by atoms with Crippen molar-refractivity contribution in [3.63, 3.8) is 0 Å². The lowest BCUT2D eigenvalue weighted by molar-refractivity contribution is -0.0554. The van der Waals surface area contributed by atoms with Gasteiger partial charge in [0.1, 0.15) is 43.3 Å². The lowest BCUT2D eigenvalue weighted by Gasteiger charge is -2.16. The normalized spacial score (nSPS) is 31.2. The Bertz CT molecular complexity index is 1060. The fraction of sp³-hybridized carbons (Fsp3) is 0.625. The van der Waals surface area contributed by atoms with Crippen molar-refractivity contribution in [3.8, 4) is 0 Å². The summed E-state index contributed by atoms with van der Waals surface area (Å²) >= 11 is 0. The fourth-order valence-corrected chi connectivity index (χ4v) is 3.24. The maximum atomic E-state index is 11.5. The number of aliphatic hydroxyl groups excluding tert-OH is 5. The first kappa shape index (κ1) is 24.6. The maximum Gasteiger partial charge on any atom is 0.354 e. The zero-order valence-electron chi connectivity index (χ0n) is 17.0. The number of aromatic nitrogens is 6. The van der Waals surface area contributed by atoms with Crippen LogP contribution in [0.3, 0.4) is 0 Å². The molecule has 17 nitrogen and oxygen atoms in total. The van der Waals surface area contributed by atoms with E-state index < -0.39 is 61.0 Å². The van der Waals surface area contributed by atoms with E-state index in [1.165, 1.54) is 6.33 Å². The van der Waals surface area contributed by atoms with Crippen molar-refractivity contribution in [2.75, 3.05) is 24.7 Å². The molecular formula is C16H24N8O9. The molecule has 2 saturated heterocycles. The summed E-state index contributed by atoms with van der Waals surface area (Å²) in [5.41, 5.74) is 9.10. The van der Waals surface area contributed by atoms with Gasteiger partial charge in [-0.25, -0.2) is 19.6 Å². The molecule has 2 aliphatic heterocycles. The third kappa shape index (κ3) is 5.30. The van der Waals surface area contributed by atoms with Crippen molar-refractivity contribution in [1.29, 1.82) is 0 Å².